The zero-order valence-electron chi connectivity index (χ0n) is 8.62. The normalized spacial score (nSPS) is 10.3. The molecule has 0 heterocycles. The molecule has 0 unspecified atom stereocenters. The fourth-order valence-electron chi connectivity index (χ4n) is 1.01. The second-order valence-corrected chi connectivity index (χ2v) is 3.42. The highest BCUT2D eigenvalue weighted by atomic mass is 32.1. The standard InChI is InChI=1S/C10H11N3O2S/c1-13(10(11)16)12-6-7-4-2-3-5-8(7)9(14)15/h2-6H,1H3,(H2,11,16)(H,14,15)/b12-6+. The van der Waals surface area contributed by atoms with E-state index in [4.69, 9.17) is 23.1 Å². The van der Waals surface area contributed by atoms with Crippen molar-refractivity contribution in [3.63, 3.8) is 0 Å². The molecule has 3 N–H and O–H groups in total. The molecule has 6 heteroatoms. The van der Waals surface area contributed by atoms with Gasteiger partial charge in [0.25, 0.3) is 0 Å². The molecule has 0 saturated heterocycles. The van der Waals surface area contributed by atoms with Crippen LogP contribution in [0.15, 0.2) is 29.4 Å². The summed E-state index contributed by atoms with van der Waals surface area (Å²) in [7, 11) is 1.59. The molecule has 0 atom stereocenters. The Bertz CT molecular complexity index is 445. The van der Waals surface area contributed by atoms with Crippen LogP contribution in [0.4, 0.5) is 0 Å². The number of aromatic carboxylic acids is 1. The van der Waals surface area contributed by atoms with Gasteiger partial charge in [0.2, 0.25) is 0 Å². The second kappa shape index (κ2) is 5.22. The van der Waals surface area contributed by atoms with Gasteiger partial charge in [-0.25, -0.2) is 9.80 Å². The first-order valence-corrected chi connectivity index (χ1v) is 4.82. The van der Waals surface area contributed by atoms with Crippen molar-refractivity contribution in [2.45, 2.75) is 0 Å². The number of carboxylic acid groups (broad SMARTS) is 1. The van der Waals surface area contributed by atoms with Crippen molar-refractivity contribution >= 4 is 29.5 Å². The molecule has 0 saturated carbocycles. The summed E-state index contributed by atoms with van der Waals surface area (Å²) < 4.78 is 0. The lowest BCUT2D eigenvalue weighted by Crippen LogP contribution is -2.27. The third kappa shape index (κ3) is 3.03. The molecule has 0 radical (unpaired) electrons. The van der Waals surface area contributed by atoms with Crippen LogP contribution in [0.25, 0.3) is 0 Å². The Morgan fingerprint density at radius 1 is 1.56 bits per heavy atom. The fourth-order valence-corrected chi connectivity index (χ4v) is 1.06. The van der Waals surface area contributed by atoms with Crippen LogP contribution in [0.3, 0.4) is 0 Å². The van der Waals surface area contributed by atoms with Crippen molar-refractivity contribution in [1.82, 2.24) is 5.01 Å². The summed E-state index contributed by atoms with van der Waals surface area (Å²) in [5.74, 6) is -1.000. The van der Waals surface area contributed by atoms with E-state index in [9.17, 15) is 4.79 Å². The van der Waals surface area contributed by atoms with E-state index >= 15 is 0 Å². The first-order valence-electron chi connectivity index (χ1n) is 4.42. The SMILES string of the molecule is CN(/N=C/c1ccccc1C(=O)O)C(N)=S. The first-order chi connectivity index (χ1) is 7.52. The molecule has 1 aromatic rings. The summed E-state index contributed by atoms with van der Waals surface area (Å²) in [6, 6.07) is 6.54. The lowest BCUT2D eigenvalue weighted by molar-refractivity contribution is 0.0697. The first kappa shape index (κ1) is 12.1. The summed E-state index contributed by atoms with van der Waals surface area (Å²) in [5, 5.41) is 14.2. The van der Waals surface area contributed by atoms with E-state index in [0.29, 0.717) is 5.56 Å². The minimum atomic E-state index is -1.000. The van der Waals surface area contributed by atoms with Crippen molar-refractivity contribution in [3.8, 4) is 0 Å². The van der Waals surface area contributed by atoms with Crippen LogP contribution < -0.4 is 5.73 Å². The number of hydrazone groups is 1. The average Bonchev–Trinajstić information content (AvgIpc) is 2.25. The van der Waals surface area contributed by atoms with E-state index in [1.54, 1.807) is 25.2 Å². The topological polar surface area (TPSA) is 78.9 Å². The number of nitrogens with two attached hydrogens (primary N) is 1. The molecule has 0 spiro atoms. The van der Waals surface area contributed by atoms with Gasteiger partial charge in [0.05, 0.1) is 11.8 Å². The minimum absolute atomic E-state index is 0.115. The second-order valence-electron chi connectivity index (χ2n) is 3.00. The lowest BCUT2D eigenvalue weighted by atomic mass is 10.1. The summed E-state index contributed by atoms with van der Waals surface area (Å²) in [6.07, 6.45) is 1.41. The van der Waals surface area contributed by atoms with Crippen molar-refractivity contribution in [3.05, 3.63) is 35.4 Å². The summed E-state index contributed by atoms with van der Waals surface area (Å²) in [4.78, 5) is 10.9. The summed E-state index contributed by atoms with van der Waals surface area (Å²) >= 11 is 4.69. The summed E-state index contributed by atoms with van der Waals surface area (Å²) in [5.41, 5.74) is 6.01. The highest BCUT2D eigenvalue weighted by Crippen LogP contribution is 2.06. The Balaban J connectivity index is 2.97. The van der Waals surface area contributed by atoms with Crippen LogP contribution in [-0.4, -0.2) is 34.5 Å². The van der Waals surface area contributed by atoms with E-state index < -0.39 is 5.97 Å². The molecule has 0 aliphatic carbocycles. The maximum Gasteiger partial charge on any atom is 0.336 e. The fraction of sp³-hybridized carbons (Fsp3) is 0.100. The molecule has 0 amide bonds. The van der Waals surface area contributed by atoms with E-state index in [-0.39, 0.29) is 10.7 Å². The Hall–Kier alpha value is -1.95. The monoisotopic (exact) mass is 237 g/mol. The number of carboxylic acids is 1. The molecular formula is C10H11N3O2S. The molecule has 0 fully saturated rings. The van der Waals surface area contributed by atoms with Gasteiger partial charge >= 0.3 is 5.97 Å². The zero-order valence-corrected chi connectivity index (χ0v) is 9.44. The lowest BCUT2D eigenvalue weighted by Gasteiger charge is -2.09. The van der Waals surface area contributed by atoms with Crippen LogP contribution in [0, 0.1) is 0 Å². The van der Waals surface area contributed by atoms with E-state index in [2.05, 4.69) is 5.10 Å². The number of nitrogens with zero attached hydrogens (tertiary/aromatic N) is 2. The molecule has 5 nitrogen and oxygen atoms in total. The quantitative estimate of drug-likeness (QED) is 0.464. The van der Waals surface area contributed by atoms with Gasteiger partial charge in [-0.15, -0.1) is 0 Å². The van der Waals surface area contributed by atoms with E-state index in [0.717, 1.165) is 0 Å². The molecule has 0 bridgehead atoms. The molecule has 1 aromatic carbocycles. The van der Waals surface area contributed by atoms with Gasteiger partial charge < -0.3 is 10.8 Å². The highest BCUT2D eigenvalue weighted by molar-refractivity contribution is 7.80. The predicted octanol–water partition coefficient (Wildman–Crippen LogP) is 0.894. The van der Waals surface area contributed by atoms with Gasteiger partial charge in [0.1, 0.15) is 0 Å². The van der Waals surface area contributed by atoms with Crippen molar-refractivity contribution in [1.29, 1.82) is 0 Å². The maximum atomic E-state index is 10.9. The summed E-state index contributed by atoms with van der Waals surface area (Å²) in [6.45, 7) is 0. The van der Waals surface area contributed by atoms with Crippen LogP contribution in [-0.2, 0) is 0 Å². The molecule has 84 valence electrons. The Morgan fingerprint density at radius 2 is 2.19 bits per heavy atom. The molecular weight excluding hydrogens is 226 g/mol. The largest absolute Gasteiger partial charge is 0.478 e. The maximum absolute atomic E-state index is 10.9. The highest BCUT2D eigenvalue weighted by Gasteiger charge is 2.06. The Labute approximate surface area is 98.2 Å². The molecule has 0 aromatic heterocycles. The van der Waals surface area contributed by atoms with Crippen LogP contribution in [0.5, 0.6) is 0 Å². The van der Waals surface area contributed by atoms with Crippen LogP contribution in [0.1, 0.15) is 15.9 Å². The van der Waals surface area contributed by atoms with Crippen molar-refractivity contribution < 1.29 is 9.90 Å². The molecule has 0 aliphatic heterocycles. The Kier molecular flexibility index (Phi) is 3.96. The Morgan fingerprint density at radius 3 is 2.75 bits per heavy atom. The van der Waals surface area contributed by atoms with Crippen LogP contribution in [0.2, 0.25) is 0 Å². The van der Waals surface area contributed by atoms with Gasteiger partial charge in [-0.05, 0) is 18.3 Å². The third-order valence-electron chi connectivity index (χ3n) is 1.88. The van der Waals surface area contributed by atoms with E-state index in [1.807, 2.05) is 0 Å². The van der Waals surface area contributed by atoms with Gasteiger partial charge in [-0.3, -0.25) is 0 Å². The number of hydrogen-bond donors (Lipinski definition) is 2. The van der Waals surface area contributed by atoms with Gasteiger partial charge in [0, 0.05) is 12.6 Å². The molecule has 0 aliphatic rings. The number of hydrogen-bond acceptors (Lipinski definition) is 3. The molecule has 1 rings (SSSR count). The number of carbonyl (C=O) groups is 1. The third-order valence-corrected chi connectivity index (χ3v) is 2.14. The van der Waals surface area contributed by atoms with Crippen LogP contribution >= 0.6 is 12.2 Å². The average molecular weight is 237 g/mol. The number of thiocarbonyl (C=S) groups is 1. The van der Waals surface area contributed by atoms with E-state index in [1.165, 1.54) is 17.3 Å². The van der Waals surface area contributed by atoms with Gasteiger partial charge in [-0.1, -0.05) is 18.2 Å². The van der Waals surface area contributed by atoms with Gasteiger partial charge in [-0.2, -0.15) is 5.10 Å². The zero-order chi connectivity index (χ0) is 12.1. The van der Waals surface area contributed by atoms with Gasteiger partial charge in [0.15, 0.2) is 5.11 Å². The number of rotatable bonds is 3. The van der Waals surface area contributed by atoms with Crippen molar-refractivity contribution in [2.24, 2.45) is 10.8 Å². The predicted molar refractivity (Wildman–Crippen MR) is 65.5 cm³/mol. The number of benzene rings is 1. The smallest absolute Gasteiger partial charge is 0.336 e. The van der Waals surface area contributed by atoms with Crippen molar-refractivity contribution in [2.75, 3.05) is 7.05 Å². The minimum Gasteiger partial charge on any atom is -0.478 e. The molecule has 16 heavy (non-hydrogen) atoms.